The molecule has 110 valence electrons. The van der Waals surface area contributed by atoms with Crippen molar-refractivity contribution in [1.29, 1.82) is 0 Å². The fraction of sp³-hybridized carbons (Fsp3) is 0.933. The van der Waals surface area contributed by atoms with Crippen molar-refractivity contribution in [3.8, 4) is 0 Å². The van der Waals surface area contributed by atoms with Crippen molar-refractivity contribution in [3.63, 3.8) is 0 Å². The van der Waals surface area contributed by atoms with E-state index in [1.54, 1.807) is 0 Å². The number of nitrogens with one attached hydrogen (secondary N) is 1. The minimum absolute atomic E-state index is 0.255. The predicted octanol–water partition coefficient (Wildman–Crippen LogP) is 1.46. The minimum atomic E-state index is -0.255. The van der Waals surface area contributed by atoms with Crippen LogP contribution in [0.4, 0.5) is 0 Å². The highest BCUT2D eigenvalue weighted by Crippen LogP contribution is 2.26. The zero-order valence-electron chi connectivity index (χ0n) is 12.6. The molecule has 2 heterocycles. The lowest BCUT2D eigenvalue weighted by Gasteiger charge is -2.33. The number of nitrogens with zero attached hydrogens (tertiary/aromatic N) is 2. The van der Waals surface area contributed by atoms with E-state index in [1.807, 2.05) is 11.9 Å². The van der Waals surface area contributed by atoms with Gasteiger partial charge >= 0.3 is 0 Å². The van der Waals surface area contributed by atoms with E-state index < -0.39 is 0 Å². The van der Waals surface area contributed by atoms with Gasteiger partial charge in [0, 0.05) is 20.1 Å². The third-order valence-electron chi connectivity index (χ3n) is 4.63. The van der Waals surface area contributed by atoms with Gasteiger partial charge in [-0.1, -0.05) is 13.3 Å². The normalized spacial score (nSPS) is 27.9. The van der Waals surface area contributed by atoms with Crippen LogP contribution in [0.2, 0.25) is 0 Å². The Bertz CT molecular complexity index is 294. The molecule has 0 radical (unpaired) electrons. The van der Waals surface area contributed by atoms with E-state index in [-0.39, 0.29) is 5.54 Å². The summed E-state index contributed by atoms with van der Waals surface area (Å²) >= 11 is 0. The molecule has 0 aliphatic carbocycles. The van der Waals surface area contributed by atoms with Gasteiger partial charge in [-0.25, -0.2) is 0 Å². The van der Waals surface area contributed by atoms with Gasteiger partial charge in [-0.05, 0) is 51.7 Å². The van der Waals surface area contributed by atoms with Crippen molar-refractivity contribution in [1.82, 2.24) is 15.1 Å². The average molecular weight is 267 g/mol. The number of likely N-dealkylation sites (N-methyl/N-ethyl adjacent to an activating group) is 1. The van der Waals surface area contributed by atoms with Crippen LogP contribution >= 0.6 is 0 Å². The Morgan fingerprint density at radius 2 is 2.05 bits per heavy atom. The number of hydrogen-bond acceptors (Lipinski definition) is 3. The van der Waals surface area contributed by atoms with Gasteiger partial charge in [-0.3, -0.25) is 4.79 Å². The third-order valence-corrected chi connectivity index (χ3v) is 4.63. The van der Waals surface area contributed by atoms with Gasteiger partial charge in [-0.15, -0.1) is 0 Å². The Balaban J connectivity index is 1.85. The minimum Gasteiger partial charge on any atom is -0.343 e. The first kappa shape index (κ1) is 14.8. The second-order valence-electron chi connectivity index (χ2n) is 6.14. The molecule has 19 heavy (non-hydrogen) atoms. The molecule has 2 aliphatic rings. The Labute approximate surface area is 117 Å². The molecule has 4 nitrogen and oxygen atoms in total. The Morgan fingerprint density at radius 1 is 1.32 bits per heavy atom. The lowest BCUT2D eigenvalue weighted by atomic mass is 9.90. The number of carbonyl (C=O) groups excluding carboxylic acids is 1. The highest BCUT2D eigenvalue weighted by atomic mass is 16.2. The molecule has 0 bridgehead atoms. The first-order chi connectivity index (χ1) is 9.18. The van der Waals surface area contributed by atoms with E-state index >= 15 is 0 Å². The van der Waals surface area contributed by atoms with Crippen LogP contribution in [-0.2, 0) is 4.79 Å². The molecule has 0 aromatic carbocycles. The molecule has 2 aliphatic heterocycles. The molecule has 0 aromatic heterocycles. The molecule has 1 amide bonds. The average Bonchev–Trinajstić information content (AvgIpc) is 3.07. The molecule has 0 saturated carbocycles. The molecule has 4 heteroatoms. The summed E-state index contributed by atoms with van der Waals surface area (Å²) in [6, 6.07) is 0. The summed E-state index contributed by atoms with van der Waals surface area (Å²) in [5.41, 5.74) is -0.255. The maximum Gasteiger partial charge on any atom is 0.242 e. The number of hydrogen-bond donors (Lipinski definition) is 1. The van der Waals surface area contributed by atoms with Crippen molar-refractivity contribution in [2.75, 3.05) is 39.8 Å². The van der Waals surface area contributed by atoms with E-state index in [0.29, 0.717) is 5.91 Å². The first-order valence-electron chi connectivity index (χ1n) is 7.91. The molecule has 1 atom stereocenters. The van der Waals surface area contributed by atoms with Crippen molar-refractivity contribution in [2.45, 2.75) is 51.0 Å². The van der Waals surface area contributed by atoms with Gasteiger partial charge in [0.15, 0.2) is 0 Å². The molecule has 1 N–H and O–H groups in total. The topological polar surface area (TPSA) is 35.6 Å². The fourth-order valence-electron chi connectivity index (χ4n) is 3.50. The van der Waals surface area contributed by atoms with E-state index in [9.17, 15) is 4.79 Å². The van der Waals surface area contributed by atoms with Gasteiger partial charge < -0.3 is 15.1 Å². The van der Waals surface area contributed by atoms with E-state index in [4.69, 9.17) is 0 Å². The molecular formula is C15H29N3O. The maximum absolute atomic E-state index is 12.7. The van der Waals surface area contributed by atoms with Crippen LogP contribution < -0.4 is 5.32 Å². The molecule has 0 spiro atoms. The molecule has 2 fully saturated rings. The quantitative estimate of drug-likeness (QED) is 0.791. The van der Waals surface area contributed by atoms with Crippen LogP contribution in [0.5, 0.6) is 0 Å². The Morgan fingerprint density at radius 3 is 2.63 bits per heavy atom. The second kappa shape index (κ2) is 6.71. The molecule has 0 aromatic rings. The highest BCUT2D eigenvalue weighted by Gasteiger charge is 2.41. The van der Waals surface area contributed by atoms with Gasteiger partial charge in [0.25, 0.3) is 0 Å². The monoisotopic (exact) mass is 267 g/mol. The SMILES string of the molecule is CCCC1(C(=O)N(C)CCN2CCCC2)CCCN1. The predicted molar refractivity (Wildman–Crippen MR) is 78.2 cm³/mol. The number of carbonyl (C=O) groups is 1. The highest BCUT2D eigenvalue weighted by molar-refractivity contribution is 5.86. The summed E-state index contributed by atoms with van der Waals surface area (Å²) in [5, 5.41) is 3.47. The first-order valence-corrected chi connectivity index (χ1v) is 7.91. The standard InChI is InChI=1S/C15H29N3O/c1-3-7-15(8-6-9-16-15)14(19)17(2)12-13-18-10-4-5-11-18/h16H,3-13H2,1-2H3. The van der Waals surface area contributed by atoms with Crippen molar-refractivity contribution in [3.05, 3.63) is 0 Å². The summed E-state index contributed by atoms with van der Waals surface area (Å²) in [7, 11) is 1.97. The molecule has 2 saturated heterocycles. The van der Waals surface area contributed by atoms with Crippen LogP contribution in [0.1, 0.15) is 45.4 Å². The maximum atomic E-state index is 12.7. The van der Waals surface area contributed by atoms with E-state index in [2.05, 4.69) is 17.1 Å². The Hall–Kier alpha value is -0.610. The summed E-state index contributed by atoms with van der Waals surface area (Å²) in [5.74, 6) is 0.311. The van der Waals surface area contributed by atoms with Crippen LogP contribution in [0.25, 0.3) is 0 Å². The van der Waals surface area contributed by atoms with E-state index in [1.165, 1.54) is 25.9 Å². The Kier molecular flexibility index (Phi) is 5.22. The smallest absolute Gasteiger partial charge is 0.242 e. The van der Waals surface area contributed by atoms with Gasteiger partial charge in [0.2, 0.25) is 5.91 Å². The zero-order valence-corrected chi connectivity index (χ0v) is 12.6. The summed E-state index contributed by atoms with van der Waals surface area (Å²) in [4.78, 5) is 17.1. The second-order valence-corrected chi connectivity index (χ2v) is 6.14. The van der Waals surface area contributed by atoms with Crippen LogP contribution in [0.3, 0.4) is 0 Å². The summed E-state index contributed by atoms with van der Waals surface area (Å²) < 4.78 is 0. The molecule has 2 rings (SSSR count). The van der Waals surface area contributed by atoms with Crippen molar-refractivity contribution >= 4 is 5.91 Å². The van der Waals surface area contributed by atoms with Gasteiger partial charge in [0.1, 0.15) is 0 Å². The lowest BCUT2D eigenvalue weighted by Crippen LogP contribution is -2.54. The van der Waals surface area contributed by atoms with Crippen LogP contribution in [-0.4, -0.2) is 61.0 Å². The molecule has 1 unspecified atom stereocenters. The zero-order chi connectivity index (χ0) is 13.7. The fourth-order valence-corrected chi connectivity index (χ4v) is 3.50. The van der Waals surface area contributed by atoms with Crippen molar-refractivity contribution in [2.24, 2.45) is 0 Å². The van der Waals surface area contributed by atoms with Crippen LogP contribution in [0.15, 0.2) is 0 Å². The largest absolute Gasteiger partial charge is 0.343 e. The van der Waals surface area contributed by atoms with E-state index in [0.717, 1.165) is 45.3 Å². The van der Waals surface area contributed by atoms with Crippen LogP contribution in [0, 0.1) is 0 Å². The van der Waals surface area contributed by atoms with Gasteiger partial charge in [-0.2, -0.15) is 0 Å². The number of amides is 1. The number of likely N-dealkylation sites (tertiary alicyclic amines) is 1. The third kappa shape index (κ3) is 3.48. The number of rotatable bonds is 6. The summed E-state index contributed by atoms with van der Waals surface area (Å²) in [6.45, 7) is 7.47. The van der Waals surface area contributed by atoms with Gasteiger partial charge in [0.05, 0.1) is 5.54 Å². The molecular weight excluding hydrogens is 238 g/mol. The summed E-state index contributed by atoms with van der Waals surface area (Å²) in [6.07, 6.45) is 6.82. The van der Waals surface area contributed by atoms with Crippen molar-refractivity contribution < 1.29 is 4.79 Å². The lowest BCUT2D eigenvalue weighted by molar-refractivity contribution is -0.137.